The van der Waals surface area contributed by atoms with E-state index in [0.29, 0.717) is 0 Å². The minimum atomic E-state index is 0.835. The summed E-state index contributed by atoms with van der Waals surface area (Å²) >= 11 is 0. The molecule has 0 saturated heterocycles. The first-order chi connectivity index (χ1) is 7.75. The van der Waals surface area contributed by atoms with Crippen LogP contribution in [0.4, 0.5) is 5.69 Å². The minimum absolute atomic E-state index is 0.835. The maximum Gasteiger partial charge on any atom is 0.0630 e. The second-order valence-corrected chi connectivity index (χ2v) is 3.93. The normalized spacial score (nSPS) is 10.1. The number of nitrogens with zero attached hydrogens (tertiary/aromatic N) is 3. The molecule has 0 aliphatic carbocycles. The maximum absolute atomic E-state index is 4.26. The van der Waals surface area contributed by atoms with E-state index in [9.17, 15) is 0 Å². The SMILES string of the molecule is CN(C)c1ccc(Cc2cnccn2)cc1. The largest absolute Gasteiger partial charge is 0.378 e. The van der Waals surface area contributed by atoms with Crippen molar-refractivity contribution < 1.29 is 0 Å². The second kappa shape index (κ2) is 4.75. The summed E-state index contributed by atoms with van der Waals surface area (Å²) in [6.07, 6.45) is 6.06. The van der Waals surface area contributed by atoms with Crippen LogP contribution in [-0.2, 0) is 6.42 Å². The number of hydrogen-bond donors (Lipinski definition) is 0. The maximum atomic E-state index is 4.26. The average molecular weight is 213 g/mol. The van der Waals surface area contributed by atoms with Gasteiger partial charge in [-0.1, -0.05) is 12.1 Å². The van der Waals surface area contributed by atoms with Gasteiger partial charge in [0.15, 0.2) is 0 Å². The minimum Gasteiger partial charge on any atom is -0.378 e. The first-order valence-corrected chi connectivity index (χ1v) is 5.27. The van der Waals surface area contributed by atoms with Crippen molar-refractivity contribution in [3.05, 3.63) is 54.1 Å². The van der Waals surface area contributed by atoms with Crippen molar-refractivity contribution in [3.8, 4) is 0 Å². The van der Waals surface area contributed by atoms with Crippen molar-refractivity contribution in [2.45, 2.75) is 6.42 Å². The molecule has 2 rings (SSSR count). The topological polar surface area (TPSA) is 29.0 Å². The van der Waals surface area contributed by atoms with Crippen LogP contribution in [0.3, 0.4) is 0 Å². The van der Waals surface area contributed by atoms with Gasteiger partial charge in [-0.15, -0.1) is 0 Å². The molecule has 3 nitrogen and oxygen atoms in total. The Morgan fingerprint density at radius 2 is 1.81 bits per heavy atom. The van der Waals surface area contributed by atoms with Gasteiger partial charge in [-0.2, -0.15) is 0 Å². The predicted molar refractivity (Wildman–Crippen MR) is 65.6 cm³/mol. The summed E-state index contributed by atoms with van der Waals surface area (Å²) in [6, 6.07) is 8.49. The summed E-state index contributed by atoms with van der Waals surface area (Å²) in [5.74, 6) is 0. The second-order valence-electron chi connectivity index (χ2n) is 3.93. The van der Waals surface area contributed by atoms with E-state index >= 15 is 0 Å². The fraction of sp³-hybridized carbons (Fsp3) is 0.231. The molecule has 0 amide bonds. The molecule has 0 fully saturated rings. The lowest BCUT2D eigenvalue weighted by Gasteiger charge is -2.12. The van der Waals surface area contributed by atoms with E-state index < -0.39 is 0 Å². The highest BCUT2D eigenvalue weighted by Gasteiger charge is 1.98. The molecule has 0 saturated carbocycles. The molecular weight excluding hydrogens is 198 g/mol. The van der Waals surface area contributed by atoms with Crippen LogP contribution in [0.25, 0.3) is 0 Å². The number of rotatable bonds is 3. The van der Waals surface area contributed by atoms with Crippen LogP contribution < -0.4 is 4.90 Å². The average Bonchev–Trinajstić information content (AvgIpc) is 2.31. The Morgan fingerprint density at radius 1 is 1.06 bits per heavy atom. The summed E-state index contributed by atoms with van der Waals surface area (Å²) in [5.41, 5.74) is 3.47. The zero-order valence-corrected chi connectivity index (χ0v) is 9.59. The fourth-order valence-corrected chi connectivity index (χ4v) is 1.54. The van der Waals surface area contributed by atoms with Crippen LogP contribution in [0.1, 0.15) is 11.3 Å². The number of aromatic nitrogens is 2. The van der Waals surface area contributed by atoms with Gasteiger partial charge in [0.2, 0.25) is 0 Å². The molecule has 2 aromatic rings. The van der Waals surface area contributed by atoms with Gasteiger partial charge in [0.1, 0.15) is 0 Å². The smallest absolute Gasteiger partial charge is 0.0630 e. The molecule has 0 aliphatic heterocycles. The molecule has 0 N–H and O–H groups in total. The van der Waals surface area contributed by atoms with Gasteiger partial charge in [0.25, 0.3) is 0 Å². The van der Waals surface area contributed by atoms with Gasteiger partial charge < -0.3 is 4.90 Å². The Hall–Kier alpha value is -1.90. The van der Waals surface area contributed by atoms with Crippen LogP contribution in [0.2, 0.25) is 0 Å². The van der Waals surface area contributed by atoms with Crippen molar-refractivity contribution >= 4 is 5.69 Å². The predicted octanol–water partition coefficient (Wildman–Crippen LogP) is 2.13. The van der Waals surface area contributed by atoms with E-state index in [0.717, 1.165) is 12.1 Å². The first kappa shape index (κ1) is 10.6. The molecule has 0 atom stereocenters. The van der Waals surface area contributed by atoms with Crippen LogP contribution in [-0.4, -0.2) is 24.1 Å². The molecule has 0 spiro atoms. The monoisotopic (exact) mass is 213 g/mol. The summed E-state index contributed by atoms with van der Waals surface area (Å²) in [5, 5.41) is 0. The van der Waals surface area contributed by atoms with Crippen molar-refractivity contribution in [2.75, 3.05) is 19.0 Å². The summed E-state index contributed by atoms with van der Waals surface area (Å²) < 4.78 is 0. The number of benzene rings is 1. The Kier molecular flexibility index (Phi) is 3.15. The summed E-state index contributed by atoms with van der Waals surface area (Å²) in [7, 11) is 4.08. The third kappa shape index (κ3) is 2.57. The van der Waals surface area contributed by atoms with Gasteiger partial charge >= 0.3 is 0 Å². The van der Waals surface area contributed by atoms with Gasteiger partial charge in [-0.3, -0.25) is 9.97 Å². The molecule has 1 aromatic carbocycles. The van der Waals surface area contributed by atoms with E-state index in [1.807, 2.05) is 14.1 Å². The van der Waals surface area contributed by atoms with Gasteiger partial charge in [0.05, 0.1) is 5.69 Å². The van der Waals surface area contributed by atoms with Crippen LogP contribution >= 0.6 is 0 Å². The fourth-order valence-electron chi connectivity index (χ4n) is 1.54. The van der Waals surface area contributed by atoms with Crippen LogP contribution in [0.15, 0.2) is 42.9 Å². The zero-order valence-electron chi connectivity index (χ0n) is 9.59. The quantitative estimate of drug-likeness (QED) is 0.782. The van der Waals surface area contributed by atoms with Gasteiger partial charge in [0, 0.05) is 44.8 Å². The Labute approximate surface area is 95.8 Å². The molecule has 1 heterocycles. The Morgan fingerprint density at radius 3 is 2.38 bits per heavy atom. The van der Waals surface area contributed by atoms with Crippen molar-refractivity contribution in [3.63, 3.8) is 0 Å². The Bertz CT molecular complexity index is 434. The van der Waals surface area contributed by atoms with Gasteiger partial charge in [-0.05, 0) is 17.7 Å². The summed E-state index contributed by atoms with van der Waals surface area (Å²) in [6.45, 7) is 0. The van der Waals surface area contributed by atoms with E-state index in [-0.39, 0.29) is 0 Å². The molecule has 82 valence electrons. The summed E-state index contributed by atoms with van der Waals surface area (Å²) in [4.78, 5) is 10.4. The highest BCUT2D eigenvalue weighted by molar-refractivity contribution is 5.46. The third-order valence-electron chi connectivity index (χ3n) is 2.45. The van der Waals surface area contributed by atoms with E-state index in [1.165, 1.54) is 11.3 Å². The lowest BCUT2D eigenvalue weighted by atomic mass is 10.1. The van der Waals surface area contributed by atoms with E-state index in [2.05, 4.69) is 39.1 Å². The first-order valence-electron chi connectivity index (χ1n) is 5.27. The van der Waals surface area contributed by atoms with Crippen LogP contribution in [0.5, 0.6) is 0 Å². The van der Waals surface area contributed by atoms with Crippen molar-refractivity contribution in [1.29, 1.82) is 0 Å². The number of anilines is 1. The molecular formula is C13H15N3. The molecule has 0 radical (unpaired) electrons. The lowest BCUT2D eigenvalue weighted by molar-refractivity contribution is 1.03. The molecule has 0 bridgehead atoms. The van der Waals surface area contributed by atoms with E-state index in [1.54, 1.807) is 18.6 Å². The molecule has 0 unspecified atom stereocenters. The van der Waals surface area contributed by atoms with E-state index in [4.69, 9.17) is 0 Å². The number of hydrogen-bond acceptors (Lipinski definition) is 3. The highest BCUT2D eigenvalue weighted by Crippen LogP contribution is 2.14. The molecule has 0 aliphatic rings. The molecule has 1 aromatic heterocycles. The van der Waals surface area contributed by atoms with Gasteiger partial charge in [-0.25, -0.2) is 0 Å². The lowest BCUT2D eigenvalue weighted by Crippen LogP contribution is -2.08. The molecule has 16 heavy (non-hydrogen) atoms. The molecule has 3 heteroatoms. The Balaban J connectivity index is 2.11. The van der Waals surface area contributed by atoms with Crippen molar-refractivity contribution in [2.24, 2.45) is 0 Å². The highest BCUT2D eigenvalue weighted by atomic mass is 15.1. The van der Waals surface area contributed by atoms with Crippen LogP contribution in [0, 0.1) is 0 Å². The third-order valence-corrected chi connectivity index (χ3v) is 2.45. The standard InChI is InChI=1S/C13H15N3/c1-16(2)13-5-3-11(4-6-13)9-12-10-14-7-8-15-12/h3-8,10H,9H2,1-2H3. The van der Waals surface area contributed by atoms with Crippen molar-refractivity contribution in [1.82, 2.24) is 9.97 Å². The zero-order chi connectivity index (χ0) is 11.4.